The number of rotatable bonds is 2. The standard InChI is InChI=1S/C14H15F2N3O2/c1-19-14(17)10(7-18-19)8-5-11-12(6-9(8)13(15)16)21-4-2-3-20-11/h5-7,13H,2-4,17H2,1H3. The molecule has 0 atom stereocenters. The Balaban J connectivity index is 2.18. The van der Waals surface area contributed by atoms with Crippen LogP contribution in [0.2, 0.25) is 0 Å². The summed E-state index contributed by atoms with van der Waals surface area (Å²) in [5, 5.41) is 4.00. The van der Waals surface area contributed by atoms with Crippen molar-refractivity contribution in [3.63, 3.8) is 0 Å². The lowest BCUT2D eigenvalue weighted by Crippen LogP contribution is -2.00. The zero-order valence-corrected chi connectivity index (χ0v) is 11.5. The molecule has 0 amide bonds. The van der Waals surface area contributed by atoms with Crippen LogP contribution >= 0.6 is 0 Å². The molecule has 1 aliphatic heterocycles. The number of halogens is 2. The fourth-order valence-electron chi connectivity index (χ4n) is 2.29. The highest BCUT2D eigenvalue weighted by Gasteiger charge is 2.23. The van der Waals surface area contributed by atoms with Crippen molar-refractivity contribution in [2.24, 2.45) is 7.05 Å². The summed E-state index contributed by atoms with van der Waals surface area (Å²) >= 11 is 0. The van der Waals surface area contributed by atoms with Crippen molar-refractivity contribution in [1.29, 1.82) is 0 Å². The van der Waals surface area contributed by atoms with Crippen LogP contribution in [0.4, 0.5) is 14.6 Å². The highest BCUT2D eigenvalue weighted by Crippen LogP contribution is 2.42. The Morgan fingerprint density at radius 1 is 1.19 bits per heavy atom. The lowest BCUT2D eigenvalue weighted by Gasteiger charge is -2.14. The Labute approximate surface area is 120 Å². The summed E-state index contributed by atoms with van der Waals surface area (Å²) in [7, 11) is 1.66. The van der Waals surface area contributed by atoms with Gasteiger partial charge in [-0.15, -0.1) is 0 Å². The molecule has 0 radical (unpaired) electrons. The minimum atomic E-state index is -2.64. The Kier molecular flexibility index (Phi) is 3.40. The highest BCUT2D eigenvalue weighted by atomic mass is 19.3. The number of anilines is 1. The first-order chi connectivity index (χ1) is 10.1. The van der Waals surface area contributed by atoms with Crippen molar-refractivity contribution in [2.45, 2.75) is 12.8 Å². The maximum absolute atomic E-state index is 13.4. The molecule has 112 valence electrons. The van der Waals surface area contributed by atoms with Crippen molar-refractivity contribution < 1.29 is 18.3 Å². The molecule has 1 aromatic carbocycles. The van der Waals surface area contributed by atoms with E-state index < -0.39 is 6.43 Å². The molecule has 2 aromatic rings. The second kappa shape index (κ2) is 5.23. The van der Waals surface area contributed by atoms with Crippen molar-refractivity contribution in [3.05, 3.63) is 23.9 Å². The lowest BCUT2D eigenvalue weighted by atomic mass is 10.0. The van der Waals surface area contributed by atoms with Crippen LogP contribution < -0.4 is 15.2 Å². The number of alkyl halides is 2. The summed E-state index contributed by atoms with van der Waals surface area (Å²) in [6.07, 6.45) is -0.458. The molecule has 0 fully saturated rings. The van der Waals surface area contributed by atoms with Crippen LogP contribution in [0, 0.1) is 0 Å². The molecule has 0 unspecified atom stereocenters. The number of aromatic nitrogens is 2. The number of nitrogens with two attached hydrogens (primary N) is 1. The SMILES string of the molecule is Cn1ncc(-c2cc3c(cc2C(F)F)OCCCO3)c1N. The summed E-state index contributed by atoms with van der Waals surface area (Å²) in [5.41, 5.74) is 6.54. The van der Waals surface area contributed by atoms with Gasteiger partial charge in [0.15, 0.2) is 11.5 Å². The van der Waals surface area contributed by atoms with E-state index in [-0.39, 0.29) is 5.56 Å². The van der Waals surface area contributed by atoms with Gasteiger partial charge in [0.2, 0.25) is 0 Å². The third kappa shape index (κ3) is 2.39. The minimum Gasteiger partial charge on any atom is -0.490 e. The van der Waals surface area contributed by atoms with E-state index >= 15 is 0 Å². The number of hydrogen-bond donors (Lipinski definition) is 1. The molecule has 0 aliphatic carbocycles. The third-order valence-corrected chi connectivity index (χ3v) is 3.43. The van der Waals surface area contributed by atoms with Gasteiger partial charge in [-0.1, -0.05) is 0 Å². The molecule has 7 heteroatoms. The molecular weight excluding hydrogens is 280 g/mol. The topological polar surface area (TPSA) is 62.3 Å². The van der Waals surface area contributed by atoms with Crippen molar-refractivity contribution in [3.8, 4) is 22.6 Å². The van der Waals surface area contributed by atoms with Gasteiger partial charge in [-0.3, -0.25) is 4.68 Å². The largest absolute Gasteiger partial charge is 0.490 e. The third-order valence-electron chi connectivity index (χ3n) is 3.43. The van der Waals surface area contributed by atoms with E-state index in [1.54, 1.807) is 13.1 Å². The van der Waals surface area contributed by atoms with Crippen LogP contribution in [-0.4, -0.2) is 23.0 Å². The van der Waals surface area contributed by atoms with Gasteiger partial charge in [-0.25, -0.2) is 8.78 Å². The molecule has 5 nitrogen and oxygen atoms in total. The average molecular weight is 295 g/mol. The summed E-state index contributed by atoms with van der Waals surface area (Å²) in [5.74, 6) is 1.12. The van der Waals surface area contributed by atoms with E-state index in [1.165, 1.54) is 16.9 Å². The van der Waals surface area contributed by atoms with Crippen molar-refractivity contribution in [1.82, 2.24) is 9.78 Å². The van der Waals surface area contributed by atoms with Crippen LogP contribution in [0.25, 0.3) is 11.1 Å². The van der Waals surface area contributed by atoms with Gasteiger partial charge in [0.25, 0.3) is 6.43 Å². The van der Waals surface area contributed by atoms with Gasteiger partial charge in [0.1, 0.15) is 5.82 Å². The van der Waals surface area contributed by atoms with Gasteiger partial charge in [0.05, 0.1) is 19.4 Å². The fourth-order valence-corrected chi connectivity index (χ4v) is 2.29. The molecule has 0 saturated heterocycles. The van der Waals surface area contributed by atoms with Crippen LogP contribution in [0.1, 0.15) is 18.4 Å². The van der Waals surface area contributed by atoms with E-state index in [9.17, 15) is 8.78 Å². The normalized spacial score (nSPS) is 14.3. The van der Waals surface area contributed by atoms with Crippen LogP contribution in [0.5, 0.6) is 11.5 Å². The average Bonchev–Trinajstić information content (AvgIpc) is 2.66. The summed E-state index contributed by atoms with van der Waals surface area (Å²) in [6.45, 7) is 0.938. The molecular formula is C14H15F2N3O2. The molecule has 21 heavy (non-hydrogen) atoms. The zero-order chi connectivity index (χ0) is 15.0. The molecule has 1 aliphatic rings. The van der Waals surface area contributed by atoms with Crippen LogP contribution in [0.15, 0.2) is 18.3 Å². The van der Waals surface area contributed by atoms with Gasteiger partial charge in [-0.05, 0) is 17.7 Å². The fraction of sp³-hybridized carbons (Fsp3) is 0.357. The Morgan fingerprint density at radius 2 is 1.86 bits per heavy atom. The number of hydrogen-bond acceptors (Lipinski definition) is 4. The highest BCUT2D eigenvalue weighted by molar-refractivity contribution is 5.78. The van der Waals surface area contributed by atoms with Crippen molar-refractivity contribution >= 4 is 5.82 Å². The van der Waals surface area contributed by atoms with Crippen molar-refractivity contribution in [2.75, 3.05) is 18.9 Å². The van der Waals surface area contributed by atoms with E-state index in [0.717, 1.165) is 0 Å². The maximum Gasteiger partial charge on any atom is 0.264 e. The number of nitrogen functional groups attached to an aromatic ring is 1. The quantitative estimate of drug-likeness (QED) is 0.925. The second-order valence-electron chi connectivity index (χ2n) is 4.80. The Hall–Kier alpha value is -2.31. The number of ether oxygens (including phenoxy) is 2. The van der Waals surface area contributed by atoms with E-state index in [1.807, 2.05) is 0 Å². The summed E-state index contributed by atoms with van der Waals surface area (Å²) in [4.78, 5) is 0. The molecule has 0 saturated carbocycles. The first kappa shape index (κ1) is 13.7. The molecule has 3 rings (SSSR count). The molecule has 0 bridgehead atoms. The van der Waals surface area contributed by atoms with Gasteiger partial charge in [0, 0.05) is 24.6 Å². The monoisotopic (exact) mass is 295 g/mol. The predicted molar refractivity (Wildman–Crippen MR) is 73.6 cm³/mol. The predicted octanol–water partition coefficient (Wildman–Crippen LogP) is 2.77. The van der Waals surface area contributed by atoms with Gasteiger partial charge < -0.3 is 15.2 Å². The zero-order valence-electron chi connectivity index (χ0n) is 11.5. The number of benzene rings is 1. The maximum atomic E-state index is 13.4. The first-order valence-corrected chi connectivity index (χ1v) is 6.57. The smallest absolute Gasteiger partial charge is 0.264 e. The molecule has 1 aromatic heterocycles. The molecule has 2 heterocycles. The second-order valence-corrected chi connectivity index (χ2v) is 4.80. The first-order valence-electron chi connectivity index (χ1n) is 6.57. The van der Waals surface area contributed by atoms with E-state index in [4.69, 9.17) is 15.2 Å². The number of fused-ring (bicyclic) bond motifs is 1. The lowest BCUT2D eigenvalue weighted by molar-refractivity contribution is 0.151. The minimum absolute atomic E-state index is 0.140. The van der Waals surface area contributed by atoms with Gasteiger partial charge in [-0.2, -0.15) is 5.10 Å². The van der Waals surface area contributed by atoms with E-state index in [2.05, 4.69) is 5.10 Å². The summed E-state index contributed by atoms with van der Waals surface area (Å²) in [6, 6.07) is 2.88. The Bertz CT molecular complexity index is 670. The number of nitrogens with zero attached hydrogens (tertiary/aromatic N) is 2. The van der Waals surface area contributed by atoms with Crippen LogP contribution in [-0.2, 0) is 7.05 Å². The van der Waals surface area contributed by atoms with E-state index in [0.29, 0.717) is 48.1 Å². The van der Waals surface area contributed by atoms with Crippen LogP contribution in [0.3, 0.4) is 0 Å². The molecule has 2 N–H and O–H groups in total. The number of aryl methyl sites for hydroxylation is 1. The Morgan fingerprint density at radius 3 is 2.43 bits per heavy atom. The van der Waals surface area contributed by atoms with Gasteiger partial charge >= 0.3 is 0 Å². The molecule has 0 spiro atoms. The summed E-state index contributed by atoms with van der Waals surface area (Å²) < 4.78 is 39.2.